The van der Waals surface area contributed by atoms with E-state index < -0.39 is 6.10 Å². The molecule has 0 aromatic heterocycles. The maximum atomic E-state index is 12.4. The molecule has 0 saturated carbocycles. The Balaban J connectivity index is 1.65. The van der Waals surface area contributed by atoms with Crippen molar-refractivity contribution in [2.45, 2.75) is 26.0 Å². The fourth-order valence-corrected chi connectivity index (χ4v) is 2.98. The van der Waals surface area contributed by atoms with Crippen LogP contribution in [0, 0.1) is 0 Å². The third-order valence-electron chi connectivity index (χ3n) is 4.37. The molecule has 2 aromatic carbocycles. The lowest BCUT2D eigenvalue weighted by molar-refractivity contribution is -0.128. The Labute approximate surface area is 159 Å². The average molecular weight is 367 g/mol. The molecule has 6 nitrogen and oxygen atoms in total. The molecule has 0 saturated heterocycles. The highest BCUT2D eigenvalue weighted by Gasteiger charge is 2.31. The first kappa shape index (κ1) is 18.8. The van der Waals surface area contributed by atoms with Crippen molar-refractivity contribution in [2.24, 2.45) is 0 Å². The van der Waals surface area contributed by atoms with Gasteiger partial charge in [0, 0.05) is 13.1 Å². The van der Waals surface area contributed by atoms with E-state index in [0.717, 1.165) is 17.7 Å². The molecule has 6 heteroatoms. The summed E-state index contributed by atoms with van der Waals surface area (Å²) >= 11 is 0. The van der Waals surface area contributed by atoms with Crippen LogP contribution in [0.2, 0.25) is 0 Å². The number of nitrogens with zero attached hydrogens (tertiary/aromatic N) is 1. The average Bonchev–Trinajstić information content (AvgIpc) is 2.71. The summed E-state index contributed by atoms with van der Waals surface area (Å²) < 4.78 is 5.85. The number of carbonyl (C=O) groups excluding carboxylic acids is 2. The summed E-state index contributed by atoms with van der Waals surface area (Å²) in [5.41, 5.74) is 1.87. The number of nitrogens with one attached hydrogen (secondary N) is 2. The SMILES string of the molecule is CCCNC(=O)[C@H]1CN(CC(=O)NCc2ccccc2)c2ccccc2O1. The smallest absolute Gasteiger partial charge is 0.262 e. The van der Waals surface area contributed by atoms with E-state index in [1.165, 1.54) is 0 Å². The minimum Gasteiger partial charge on any atom is -0.477 e. The lowest BCUT2D eigenvalue weighted by atomic mass is 10.1. The molecule has 1 atom stereocenters. The largest absolute Gasteiger partial charge is 0.477 e. The molecule has 2 aromatic rings. The lowest BCUT2D eigenvalue weighted by Gasteiger charge is -2.35. The van der Waals surface area contributed by atoms with Crippen molar-refractivity contribution in [3.8, 4) is 5.75 Å². The van der Waals surface area contributed by atoms with E-state index in [4.69, 9.17) is 4.74 Å². The second-order valence-corrected chi connectivity index (χ2v) is 6.51. The summed E-state index contributed by atoms with van der Waals surface area (Å²) in [4.78, 5) is 26.7. The molecule has 0 fully saturated rings. The van der Waals surface area contributed by atoms with Crippen molar-refractivity contribution < 1.29 is 14.3 Å². The number of hydrogen-bond acceptors (Lipinski definition) is 4. The molecule has 0 unspecified atom stereocenters. The summed E-state index contributed by atoms with van der Waals surface area (Å²) in [6.07, 6.45) is 0.231. The topological polar surface area (TPSA) is 70.7 Å². The van der Waals surface area contributed by atoms with E-state index in [0.29, 0.717) is 25.4 Å². The standard InChI is InChI=1S/C21H25N3O3/c1-2-12-22-21(26)19-14-24(17-10-6-7-11-18(17)27-19)15-20(25)23-13-16-8-4-3-5-9-16/h3-11,19H,2,12-15H2,1H3,(H,22,26)(H,23,25)/t19-/m1/s1. The molecule has 1 aliphatic rings. The third kappa shape index (κ3) is 5.00. The van der Waals surface area contributed by atoms with Crippen LogP contribution in [0.15, 0.2) is 54.6 Å². The highest BCUT2D eigenvalue weighted by Crippen LogP contribution is 2.32. The summed E-state index contributed by atoms with van der Waals surface area (Å²) in [5.74, 6) is 0.376. The molecule has 0 radical (unpaired) electrons. The van der Waals surface area contributed by atoms with Crippen molar-refractivity contribution >= 4 is 17.5 Å². The van der Waals surface area contributed by atoms with Crippen molar-refractivity contribution in [3.05, 3.63) is 60.2 Å². The number of benzene rings is 2. The third-order valence-corrected chi connectivity index (χ3v) is 4.37. The van der Waals surface area contributed by atoms with Gasteiger partial charge in [-0.3, -0.25) is 9.59 Å². The number of fused-ring (bicyclic) bond motifs is 1. The van der Waals surface area contributed by atoms with Gasteiger partial charge in [-0.05, 0) is 24.1 Å². The highest BCUT2D eigenvalue weighted by molar-refractivity contribution is 5.86. The molecule has 1 heterocycles. The van der Waals surface area contributed by atoms with E-state index in [1.807, 2.05) is 66.4 Å². The van der Waals surface area contributed by atoms with Crippen LogP contribution in [0.1, 0.15) is 18.9 Å². The predicted molar refractivity (Wildman–Crippen MR) is 105 cm³/mol. The van der Waals surface area contributed by atoms with Gasteiger partial charge in [-0.15, -0.1) is 0 Å². The Bertz CT molecular complexity index is 779. The summed E-state index contributed by atoms with van der Waals surface area (Å²) in [5, 5.41) is 5.80. The van der Waals surface area contributed by atoms with Gasteiger partial charge in [-0.1, -0.05) is 49.4 Å². The monoisotopic (exact) mass is 367 g/mol. The Hall–Kier alpha value is -3.02. The number of rotatable bonds is 7. The fraction of sp³-hybridized carbons (Fsp3) is 0.333. The summed E-state index contributed by atoms with van der Waals surface area (Å²) in [6, 6.07) is 17.3. The van der Waals surface area contributed by atoms with Gasteiger partial charge in [-0.25, -0.2) is 0 Å². The molecule has 1 aliphatic heterocycles. The van der Waals surface area contributed by atoms with Crippen LogP contribution in [0.25, 0.3) is 0 Å². The molecule has 2 amide bonds. The number of ether oxygens (including phenoxy) is 1. The first-order valence-electron chi connectivity index (χ1n) is 9.26. The van der Waals surface area contributed by atoms with Gasteiger partial charge in [-0.2, -0.15) is 0 Å². The van der Waals surface area contributed by atoms with Crippen molar-refractivity contribution in [1.29, 1.82) is 0 Å². The highest BCUT2D eigenvalue weighted by atomic mass is 16.5. The zero-order valence-electron chi connectivity index (χ0n) is 15.5. The molecule has 0 spiro atoms. The van der Waals surface area contributed by atoms with Crippen molar-refractivity contribution in [1.82, 2.24) is 10.6 Å². The van der Waals surface area contributed by atoms with E-state index in [9.17, 15) is 9.59 Å². The lowest BCUT2D eigenvalue weighted by Crippen LogP contribution is -2.51. The van der Waals surface area contributed by atoms with E-state index in [-0.39, 0.29) is 18.4 Å². The zero-order valence-corrected chi connectivity index (χ0v) is 15.5. The molecule has 0 aliphatic carbocycles. The van der Waals surface area contributed by atoms with Crippen LogP contribution < -0.4 is 20.3 Å². The molecular formula is C21H25N3O3. The van der Waals surface area contributed by atoms with Crippen molar-refractivity contribution in [2.75, 3.05) is 24.5 Å². The Kier molecular flexibility index (Phi) is 6.30. The van der Waals surface area contributed by atoms with Gasteiger partial charge in [0.15, 0.2) is 6.10 Å². The summed E-state index contributed by atoms with van der Waals surface area (Å²) in [6.45, 7) is 3.60. The first-order chi connectivity index (χ1) is 13.2. The fourth-order valence-electron chi connectivity index (χ4n) is 2.98. The maximum Gasteiger partial charge on any atom is 0.262 e. The van der Waals surface area contributed by atoms with Gasteiger partial charge >= 0.3 is 0 Å². The Morgan fingerprint density at radius 2 is 1.81 bits per heavy atom. The van der Waals surface area contributed by atoms with Crippen LogP contribution in [-0.2, 0) is 16.1 Å². The van der Waals surface area contributed by atoms with Gasteiger partial charge < -0.3 is 20.3 Å². The van der Waals surface area contributed by atoms with E-state index >= 15 is 0 Å². The van der Waals surface area contributed by atoms with Gasteiger partial charge in [0.25, 0.3) is 5.91 Å². The van der Waals surface area contributed by atoms with Crippen LogP contribution in [0.5, 0.6) is 5.75 Å². The quantitative estimate of drug-likeness (QED) is 0.786. The van der Waals surface area contributed by atoms with Crippen LogP contribution in [-0.4, -0.2) is 37.6 Å². The van der Waals surface area contributed by atoms with Crippen LogP contribution in [0.4, 0.5) is 5.69 Å². The number of carbonyl (C=O) groups is 2. The Morgan fingerprint density at radius 3 is 2.59 bits per heavy atom. The maximum absolute atomic E-state index is 12.4. The minimum atomic E-state index is -0.631. The molecule has 0 bridgehead atoms. The van der Waals surface area contributed by atoms with Crippen LogP contribution >= 0.6 is 0 Å². The minimum absolute atomic E-state index is 0.0942. The normalized spacial score (nSPS) is 15.4. The summed E-state index contributed by atoms with van der Waals surface area (Å²) in [7, 11) is 0. The van der Waals surface area contributed by atoms with E-state index in [2.05, 4.69) is 10.6 Å². The second-order valence-electron chi connectivity index (χ2n) is 6.51. The molecule has 3 rings (SSSR count). The number of hydrogen-bond donors (Lipinski definition) is 2. The van der Waals surface area contributed by atoms with E-state index in [1.54, 1.807) is 0 Å². The molecular weight excluding hydrogens is 342 g/mol. The van der Waals surface area contributed by atoms with Gasteiger partial charge in [0.2, 0.25) is 5.91 Å². The molecule has 142 valence electrons. The second kappa shape index (κ2) is 9.07. The number of anilines is 1. The van der Waals surface area contributed by atoms with Crippen molar-refractivity contribution in [3.63, 3.8) is 0 Å². The predicted octanol–water partition coefficient (Wildman–Crippen LogP) is 2.10. The zero-order chi connectivity index (χ0) is 19.1. The molecule has 27 heavy (non-hydrogen) atoms. The van der Waals surface area contributed by atoms with Gasteiger partial charge in [0.1, 0.15) is 5.75 Å². The number of amides is 2. The Morgan fingerprint density at radius 1 is 1.07 bits per heavy atom. The molecule has 2 N–H and O–H groups in total. The van der Waals surface area contributed by atoms with Crippen LogP contribution in [0.3, 0.4) is 0 Å². The van der Waals surface area contributed by atoms with Gasteiger partial charge in [0.05, 0.1) is 18.8 Å². The number of para-hydroxylation sites is 2. The first-order valence-corrected chi connectivity index (χ1v) is 9.26.